The van der Waals surface area contributed by atoms with E-state index in [0.29, 0.717) is 11.1 Å². The Kier molecular flexibility index (Phi) is 7.37. The highest BCUT2D eigenvalue weighted by molar-refractivity contribution is 5.91. The fourth-order valence-electron chi connectivity index (χ4n) is 3.76. The number of carboxylic acid groups (broad SMARTS) is 1. The number of amides is 2. The number of nitrogens with zero attached hydrogens (tertiary/aromatic N) is 1. The second-order valence-corrected chi connectivity index (χ2v) is 7.86. The average molecular weight is 464 g/mol. The van der Waals surface area contributed by atoms with Crippen LogP contribution in [0.25, 0.3) is 0 Å². The summed E-state index contributed by atoms with van der Waals surface area (Å²) in [6.45, 7) is -0.0696. The molecule has 3 N–H and O–H groups in total. The summed E-state index contributed by atoms with van der Waals surface area (Å²) in [7, 11) is 0. The van der Waals surface area contributed by atoms with Crippen molar-refractivity contribution in [2.75, 3.05) is 0 Å². The topological polar surface area (TPSA) is 107 Å². The maximum absolute atomic E-state index is 12.9. The lowest BCUT2D eigenvalue weighted by Crippen LogP contribution is -2.53. The van der Waals surface area contributed by atoms with E-state index in [4.69, 9.17) is 0 Å². The number of carbonyl (C=O) groups excluding carboxylic acids is 2. The zero-order valence-electron chi connectivity index (χ0n) is 17.5. The van der Waals surface area contributed by atoms with Crippen LogP contribution >= 0.6 is 0 Å². The molecular formula is C23H23F3N2O5. The van der Waals surface area contributed by atoms with Crippen molar-refractivity contribution < 1.29 is 37.8 Å². The van der Waals surface area contributed by atoms with Crippen molar-refractivity contribution in [1.29, 1.82) is 0 Å². The fourth-order valence-corrected chi connectivity index (χ4v) is 3.76. The summed E-state index contributed by atoms with van der Waals surface area (Å²) in [6, 6.07) is 10.9. The minimum absolute atomic E-state index is 0.0552. The summed E-state index contributed by atoms with van der Waals surface area (Å²) in [6.07, 6.45) is -6.05. The van der Waals surface area contributed by atoms with Crippen LogP contribution < -0.4 is 5.32 Å². The van der Waals surface area contributed by atoms with E-state index in [1.54, 1.807) is 30.3 Å². The molecule has 0 saturated carbocycles. The Balaban J connectivity index is 1.73. The highest BCUT2D eigenvalue weighted by Gasteiger charge is 2.38. The van der Waals surface area contributed by atoms with Crippen LogP contribution in [0.2, 0.25) is 0 Å². The Morgan fingerprint density at radius 3 is 2.27 bits per heavy atom. The third-order valence-electron chi connectivity index (χ3n) is 5.53. The zero-order valence-corrected chi connectivity index (χ0v) is 17.5. The van der Waals surface area contributed by atoms with Gasteiger partial charge in [0.15, 0.2) is 6.10 Å². The van der Waals surface area contributed by atoms with Gasteiger partial charge in [0.05, 0.1) is 11.6 Å². The van der Waals surface area contributed by atoms with Gasteiger partial charge in [0.2, 0.25) is 11.8 Å². The van der Waals surface area contributed by atoms with Gasteiger partial charge in [0, 0.05) is 13.0 Å². The van der Waals surface area contributed by atoms with Crippen LogP contribution in [0.3, 0.4) is 0 Å². The first-order valence-corrected chi connectivity index (χ1v) is 10.3. The number of carbonyl (C=O) groups is 3. The number of alkyl halides is 3. The van der Waals surface area contributed by atoms with Crippen molar-refractivity contribution in [1.82, 2.24) is 10.2 Å². The van der Waals surface area contributed by atoms with Gasteiger partial charge in [0.25, 0.3) is 0 Å². The predicted molar refractivity (Wildman–Crippen MR) is 111 cm³/mol. The van der Waals surface area contributed by atoms with Gasteiger partial charge in [-0.05, 0) is 36.1 Å². The van der Waals surface area contributed by atoms with Gasteiger partial charge in [-0.2, -0.15) is 13.2 Å². The number of hydrogen-bond acceptors (Lipinski definition) is 4. The van der Waals surface area contributed by atoms with Crippen molar-refractivity contribution in [2.45, 2.75) is 50.2 Å². The summed E-state index contributed by atoms with van der Waals surface area (Å²) >= 11 is 0. The Bertz CT molecular complexity index is 995. The normalized spacial score (nSPS) is 18.1. The van der Waals surface area contributed by atoms with Crippen molar-refractivity contribution in [3.8, 4) is 0 Å². The Labute approximate surface area is 187 Å². The fraction of sp³-hybridized carbons (Fsp3) is 0.348. The summed E-state index contributed by atoms with van der Waals surface area (Å²) < 4.78 is 38.3. The number of rotatable bonds is 8. The van der Waals surface area contributed by atoms with E-state index in [9.17, 15) is 37.8 Å². The van der Waals surface area contributed by atoms with Gasteiger partial charge in [-0.15, -0.1) is 0 Å². The molecule has 0 spiro atoms. The number of aliphatic hydroxyl groups excluding tert-OH is 1. The lowest BCUT2D eigenvalue weighted by Gasteiger charge is -2.28. The first-order chi connectivity index (χ1) is 15.6. The van der Waals surface area contributed by atoms with E-state index in [1.807, 2.05) is 0 Å². The molecule has 33 heavy (non-hydrogen) atoms. The smallest absolute Gasteiger partial charge is 0.416 e. The standard InChI is InChI=1S/C23H23F3N2O5/c24-23(25,26)16-8-6-15(7-9-16)13-28-18(10-11-19(28)29)21(31)27-17(20(30)22(32)33)12-14-4-2-1-3-5-14/h1-9,17-18,20,30H,10-13H2,(H,27,31)(H,32,33)/t17?,18-,20?/m1/s1. The van der Waals surface area contributed by atoms with Crippen molar-refractivity contribution in [2.24, 2.45) is 0 Å². The number of nitrogens with one attached hydrogen (secondary N) is 1. The Hall–Kier alpha value is -3.40. The predicted octanol–water partition coefficient (Wildman–Crippen LogP) is 2.37. The van der Waals surface area contributed by atoms with Crippen LogP contribution in [0, 0.1) is 0 Å². The molecule has 1 heterocycles. The maximum Gasteiger partial charge on any atom is 0.416 e. The molecule has 3 atom stereocenters. The number of aliphatic carboxylic acids is 1. The number of aliphatic hydroxyl groups is 1. The molecule has 0 aliphatic carbocycles. The monoisotopic (exact) mass is 464 g/mol. The lowest BCUT2D eigenvalue weighted by molar-refractivity contribution is -0.149. The molecule has 2 amide bonds. The molecule has 0 bridgehead atoms. The first-order valence-electron chi connectivity index (χ1n) is 10.3. The van der Waals surface area contributed by atoms with Crippen molar-refractivity contribution >= 4 is 17.8 Å². The molecule has 0 radical (unpaired) electrons. The number of likely N-dealkylation sites (tertiary alicyclic amines) is 1. The average Bonchev–Trinajstić information content (AvgIpc) is 3.13. The number of halogens is 3. The third kappa shape index (κ3) is 6.10. The van der Waals surface area contributed by atoms with Crippen LogP contribution in [0.1, 0.15) is 29.5 Å². The van der Waals surface area contributed by atoms with E-state index in [2.05, 4.69) is 5.32 Å². The molecule has 1 aliphatic rings. The molecule has 2 aromatic rings. The molecule has 3 rings (SSSR count). The molecule has 1 aliphatic heterocycles. The van der Waals surface area contributed by atoms with E-state index in [-0.39, 0.29) is 31.7 Å². The molecule has 0 aromatic heterocycles. The maximum atomic E-state index is 12.9. The summed E-state index contributed by atoms with van der Waals surface area (Å²) in [5, 5.41) is 21.9. The van der Waals surface area contributed by atoms with Gasteiger partial charge in [0.1, 0.15) is 6.04 Å². The quantitative estimate of drug-likeness (QED) is 0.556. The molecule has 10 heteroatoms. The molecule has 7 nitrogen and oxygen atoms in total. The SMILES string of the molecule is O=C(O)C(O)C(Cc1ccccc1)NC(=O)[C@H]1CCC(=O)N1Cc1ccc(C(F)(F)F)cc1. The van der Waals surface area contributed by atoms with E-state index >= 15 is 0 Å². The molecule has 2 unspecified atom stereocenters. The summed E-state index contributed by atoms with van der Waals surface area (Å²) in [4.78, 5) is 37.9. The van der Waals surface area contributed by atoms with Crippen molar-refractivity contribution in [3.05, 3.63) is 71.3 Å². The molecular weight excluding hydrogens is 441 g/mol. The third-order valence-corrected chi connectivity index (χ3v) is 5.53. The minimum atomic E-state index is -4.48. The van der Waals surface area contributed by atoms with Crippen LogP contribution in [-0.4, -0.2) is 51.1 Å². The molecule has 2 aromatic carbocycles. The molecule has 1 fully saturated rings. The van der Waals surface area contributed by atoms with Gasteiger partial charge < -0.3 is 20.4 Å². The Morgan fingerprint density at radius 1 is 1.06 bits per heavy atom. The minimum Gasteiger partial charge on any atom is -0.479 e. The highest BCUT2D eigenvalue weighted by atomic mass is 19.4. The number of benzene rings is 2. The van der Waals surface area contributed by atoms with Crippen molar-refractivity contribution in [3.63, 3.8) is 0 Å². The lowest BCUT2D eigenvalue weighted by atomic mass is 10.0. The van der Waals surface area contributed by atoms with E-state index < -0.39 is 41.8 Å². The summed E-state index contributed by atoms with van der Waals surface area (Å²) in [5.41, 5.74) is 0.300. The molecule has 1 saturated heterocycles. The van der Waals surface area contributed by atoms with Crippen LogP contribution in [-0.2, 0) is 33.5 Å². The van der Waals surface area contributed by atoms with E-state index in [1.165, 1.54) is 17.0 Å². The van der Waals surface area contributed by atoms with Crippen LogP contribution in [0.5, 0.6) is 0 Å². The number of carboxylic acids is 1. The Morgan fingerprint density at radius 2 is 1.70 bits per heavy atom. The highest BCUT2D eigenvalue weighted by Crippen LogP contribution is 2.30. The molecule has 176 valence electrons. The van der Waals surface area contributed by atoms with E-state index in [0.717, 1.165) is 12.1 Å². The van der Waals surface area contributed by atoms with Gasteiger partial charge in [-0.3, -0.25) is 9.59 Å². The first kappa shape index (κ1) is 24.2. The van der Waals surface area contributed by atoms with Crippen LogP contribution in [0.15, 0.2) is 54.6 Å². The van der Waals surface area contributed by atoms with Gasteiger partial charge in [-0.1, -0.05) is 42.5 Å². The van der Waals surface area contributed by atoms with Crippen LogP contribution in [0.4, 0.5) is 13.2 Å². The second-order valence-electron chi connectivity index (χ2n) is 7.86. The second kappa shape index (κ2) is 10.0. The number of hydrogen-bond donors (Lipinski definition) is 3. The largest absolute Gasteiger partial charge is 0.479 e. The van der Waals surface area contributed by atoms with Gasteiger partial charge >= 0.3 is 12.1 Å². The zero-order chi connectivity index (χ0) is 24.2. The van der Waals surface area contributed by atoms with Gasteiger partial charge in [-0.25, -0.2) is 4.79 Å². The summed E-state index contributed by atoms with van der Waals surface area (Å²) in [5.74, 6) is -2.47.